The van der Waals surface area contributed by atoms with Crippen molar-refractivity contribution in [3.63, 3.8) is 0 Å². The number of aryl methyl sites for hydroxylation is 1. The van der Waals surface area contributed by atoms with Crippen LogP contribution in [0.25, 0.3) is 10.9 Å². The summed E-state index contributed by atoms with van der Waals surface area (Å²) in [4.78, 5) is 0. The van der Waals surface area contributed by atoms with Crippen LogP contribution in [-0.2, 0) is 7.05 Å². The Morgan fingerprint density at radius 2 is 2.40 bits per heavy atom. The van der Waals surface area contributed by atoms with Crippen molar-refractivity contribution in [2.24, 2.45) is 18.7 Å². The van der Waals surface area contributed by atoms with Crippen molar-refractivity contribution in [3.05, 3.63) is 30.0 Å². The number of hydrogen-bond donors (Lipinski definition) is 1. The maximum Gasteiger partial charge on any atom is 0.0926 e. The second kappa shape index (κ2) is 3.07. The molecule has 2 N–H and O–H groups in total. The van der Waals surface area contributed by atoms with E-state index >= 15 is 0 Å². The van der Waals surface area contributed by atoms with Crippen molar-refractivity contribution in [3.8, 4) is 0 Å². The fourth-order valence-electron chi connectivity index (χ4n) is 2.40. The molecule has 2 aromatic rings. The van der Waals surface area contributed by atoms with E-state index < -0.39 is 0 Å². The minimum absolute atomic E-state index is 0.669. The summed E-state index contributed by atoms with van der Waals surface area (Å²) in [5.41, 5.74) is 8.21. The Kier molecular flexibility index (Phi) is 1.83. The molecule has 0 amide bonds. The first kappa shape index (κ1) is 8.92. The van der Waals surface area contributed by atoms with Gasteiger partial charge in [0.05, 0.1) is 5.52 Å². The number of benzene rings is 1. The second-order valence-corrected chi connectivity index (χ2v) is 4.42. The molecule has 1 aromatic heterocycles. The van der Waals surface area contributed by atoms with Gasteiger partial charge in [-0.15, -0.1) is 0 Å². The highest BCUT2D eigenvalue weighted by Crippen LogP contribution is 2.48. The summed E-state index contributed by atoms with van der Waals surface area (Å²) in [5, 5.41) is 5.71. The van der Waals surface area contributed by atoms with Gasteiger partial charge in [-0.05, 0) is 36.4 Å². The van der Waals surface area contributed by atoms with Crippen LogP contribution in [0.2, 0.25) is 0 Å². The van der Waals surface area contributed by atoms with E-state index in [2.05, 4.69) is 29.5 Å². The molecule has 2 atom stereocenters. The van der Waals surface area contributed by atoms with E-state index in [0.717, 1.165) is 12.1 Å². The van der Waals surface area contributed by atoms with Crippen LogP contribution in [0.1, 0.15) is 17.9 Å². The first-order valence-corrected chi connectivity index (χ1v) is 5.42. The zero-order valence-corrected chi connectivity index (χ0v) is 8.85. The minimum Gasteiger partial charge on any atom is -0.330 e. The molecule has 1 saturated carbocycles. The first-order chi connectivity index (χ1) is 7.29. The van der Waals surface area contributed by atoms with E-state index in [0.29, 0.717) is 11.8 Å². The lowest BCUT2D eigenvalue weighted by Crippen LogP contribution is -2.01. The number of rotatable bonds is 2. The number of hydrogen-bond acceptors (Lipinski definition) is 2. The van der Waals surface area contributed by atoms with E-state index in [-0.39, 0.29) is 0 Å². The topological polar surface area (TPSA) is 43.8 Å². The Balaban J connectivity index is 2.10. The molecule has 1 aliphatic rings. The van der Waals surface area contributed by atoms with Crippen molar-refractivity contribution < 1.29 is 0 Å². The Hall–Kier alpha value is -1.35. The Morgan fingerprint density at radius 1 is 1.53 bits per heavy atom. The van der Waals surface area contributed by atoms with E-state index in [9.17, 15) is 0 Å². The van der Waals surface area contributed by atoms with Gasteiger partial charge >= 0.3 is 0 Å². The maximum atomic E-state index is 5.69. The molecule has 0 unspecified atom stereocenters. The highest BCUT2D eigenvalue weighted by molar-refractivity contribution is 5.82. The average molecular weight is 201 g/mol. The van der Waals surface area contributed by atoms with Gasteiger partial charge in [-0.3, -0.25) is 4.68 Å². The third-order valence-corrected chi connectivity index (χ3v) is 3.32. The molecule has 1 fully saturated rings. The van der Waals surface area contributed by atoms with E-state index in [1.165, 1.54) is 17.4 Å². The summed E-state index contributed by atoms with van der Waals surface area (Å²) in [5.74, 6) is 1.36. The van der Waals surface area contributed by atoms with Crippen molar-refractivity contribution in [1.29, 1.82) is 0 Å². The summed E-state index contributed by atoms with van der Waals surface area (Å²) < 4.78 is 1.88. The highest BCUT2D eigenvalue weighted by atomic mass is 15.2. The Morgan fingerprint density at radius 3 is 3.13 bits per heavy atom. The molecule has 1 heterocycles. The van der Waals surface area contributed by atoms with Crippen molar-refractivity contribution in [2.45, 2.75) is 12.3 Å². The van der Waals surface area contributed by atoms with Crippen LogP contribution < -0.4 is 5.73 Å². The van der Waals surface area contributed by atoms with Crippen LogP contribution in [-0.4, -0.2) is 16.3 Å². The monoisotopic (exact) mass is 201 g/mol. The van der Waals surface area contributed by atoms with Gasteiger partial charge in [0.2, 0.25) is 0 Å². The summed E-state index contributed by atoms with van der Waals surface area (Å²) in [7, 11) is 1.97. The second-order valence-electron chi connectivity index (χ2n) is 4.42. The van der Waals surface area contributed by atoms with Crippen LogP contribution in [0, 0.1) is 5.92 Å². The molecule has 0 spiro atoms. The van der Waals surface area contributed by atoms with Crippen LogP contribution in [0.5, 0.6) is 0 Å². The lowest BCUT2D eigenvalue weighted by atomic mass is 10.0. The molecule has 1 aromatic carbocycles. The molecule has 15 heavy (non-hydrogen) atoms. The van der Waals surface area contributed by atoms with Gasteiger partial charge in [0, 0.05) is 18.6 Å². The zero-order chi connectivity index (χ0) is 10.4. The Labute approximate surface area is 88.9 Å². The van der Waals surface area contributed by atoms with Crippen LogP contribution >= 0.6 is 0 Å². The van der Waals surface area contributed by atoms with Gasteiger partial charge in [-0.1, -0.05) is 12.1 Å². The fourth-order valence-corrected chi connectivity index (χ4v) is 2.40. The van der Waals surface area contributed by atoms with Crippen LogP contribution in [0.15, 0.2) is 24.4 Å². The van der Waals surface area contributed by atoms with Gasteiger partial charge in [-0.2, -0.15) is 5.10 Å². The van der Waals surface area contributed by atoms with E-state index in [4.69, 9.17) is 5.73 Å². The summed E-state index contributed by atoms with van der Waals surface area (Å²) in [6, 6.07) is 6.37. The quantitative estimate of drug-likeness (QED) is 0.802. The third-order valence-electron chi connectivity index (χ3n) is 3.32. The number of nitrogens with two attached hydrogens (primary N) is 1. The van der Waals surface area contributed by atoms with Crippen LogP contribution in [0.4, 0.5) is 0 Å². The number of nitrogens with zero attached hydrogens (tertiary/aromatic N) is 2. The first-order valence-electron chi connectivity index (χ1n) is 5.42. The number of aromatic nitrogens is 2. The molecule has 3 rings (SSSR count). The summed E-state index contributed by atoms with van der Waals surface area (Å²) in [6.45, 7) is 0.807. The predicted octanol–water partition coefficient (Wildman–Crippen LogP) is 1.64. The molecule has 78 valence electrons. The summed E-state index contributed by atoms with van der Waals surface area (Å²) in [6.07, 6.45) is 3.35. The Bertz CT molecular complexity index is 501. The van der Waals surface area contributed by atoms with Gasteiger partial charge in [0.15, 0.2) is 0 Å². The third kappa shape index (κ3) is 1.35. The zero-order valence-electron chi connectivity index (χ0n) is 8.85. The largest absolute Gasteiger partial charge is 0.330 e. The van der Waals surface area contributed by atoms with Gasteiger partial charge in [-0.25, -0.2) is 0 Å². The molecule has 0 saturated heterocycles. The molecule has 1 aliphatic carbocycles. The molecular formula is C12H15N3. The molecule has 3 nitrogen and oxygen atoms in total. The van der Waals surface area contributed by atoms with Gasteiger partial charge in [0.25, 0.3) is 0 Å². The van der Waals surface area contributed by atoms with Gasteiger partial charge in [0.1, 0.15) is 0 Å². The molecule has 0 bridgehead atoms. The molecular weight excluding hydrogens is 186 g/mol. The normalized spacial score (nSPS) is 24.7. The lowest BCUT2D eigenvalue weighted by molar-refractivity contribution is 0.779. The van der Waals surface area contributed by atoms with Crippen LogP contribution in [0.3, 0.4) is 0 Å². The highest BCUT2D eigenvalue weighted by Gasteiger charge is 2.37. The van der Waals surface area contributed by atoms with Crippen molar-refractivity contribution in [2.75, 3.05) is 6.54 Å². The maximum absolute atomic E-state index is 5.69. The van der Waals surface area contributed by atoms with E-state index in [1.807, 2.05) is 11.7 Å². The standard InChI is InChI=1S/C12H15N3/c1-15-7-11-9(10-5-8(10)6-13)3-2-4-12(11)14-15/h2-4,7-8,10H,5-6,13H2,1H3/t8-,10+/m1/s1. The van der Waals surface area contributed by atoms with E-state index in [1.54, 1.807) is 0 Å². The number of fused-ring (bicyclic) bond motifs is 1. The van der Waals surface area contributed by atoms with Gasteiger partial charge < -0.3 is 5.73 Å². The molecule has 0 aliphatic heterocycles. The average Bonchev–Trinajstić information content (AvgIpc) is 2.91. The predicted molar refractivity (Wildman–Crippen MR) is 60.6 cm³/mol. The SMILES string of the molecule is Cn1cc2c([C@H]3C[C@@H]3CN)cccc2n1. The minimum atomic E-state index is 0.669. The smallest absolute Gasteiger partial charge is 0.0926 e. The lowest BCUT2D eigenvalue weighted by Gasteiger charge is -2.00. The summed E-state index contributed by atoms with van der Waals surface area (Å²) >= 11 is 0. The van der Waals surface area contributed by atoms with Crippen molar-refractivity contribution in [1.82, 2.24) is 9.78 Å². The fraction of sp³-hybridized carbons (Fsp3) is 0.417. The molecule has 0 radical (unpaired) electrons. The molecule has 3 heteroatoms. The van der Waals surface area contributed by atoms with Crippen molar-refractivity contribution >= 4 is 10.9 Å².